The van der Waals surface area contributed by atoms with Crippen LogP contribution in [0.1, 0.15) is 0 Å². The summed E-state index contributed by atoms with van der Waals surface area (Å²) in [4.78, 5) is 0.162. The molecular formula is C12H15FN2O2S. The third-order valence-electron chi connectivity index (χ3n) is 4.06. The molecule has 2 unspecified atom stereocenters. The van der Waals surface area contributed by atoms with E-state index in [2.05, 4.69) is 0 Å². The number of benzene rings is 1. The van der Waals surface area contributed by atoms with E-state index >= 15 is 0 Å². The Bertz CT molecular complexity index is 546. The molecular weight excluding hydrogens is 255 g/mol. The molecule has 3 rings (SSSR count). The molecule has 0 bridgehead atoms. The maximum Gasteiger partial charge on any atom is 0.243 e. The SMILES string of the molecule is NCC1C2CN(S(=O)(=O)c3ccc(F)cc3)CC12. The Morgan fingerprint density at radius 1 is 1.22 bits per heavy atom. The van der Waals surface area contributed by atoms with E-state index in [4.69, 9.17) is 5.73 Å². The van der Waals surface area contributed by atoms with Crippen molar-refractivity contribution in [3.05, 3.63) is 30.1 Å². The molecule has 1 heterocycles. The minimum absolute atomic E-state index is 0.162. The van der Waals surface area contributed by atoms with Gasteiger partial charge in [0.2, 0.25) is 10.0 Å². The lowest BCUT2D eigenvalue weighted by atomic mass is 10.3. The number of fused-ring (bicyclic) bond motifs is 1. The third-order valence-corrected chi connectivity index (χ3v) is 5.91. The van der Waals surface area contributed by atoms with Crippen molar-refractivity contribution in [1.82, 2.24) is 4.31 Å². The first-order valence-corrected chi connectivity index (χ1v) is 7.44. The summed E-state index contributed by atoms with van der Waals surface area (Å²) in [5.74, 6) is 0.904. The van der Waals surface area contributed by atoms with Crippen LogP contribution in [0, 0.1) is 23.6 Å². The normalized spacial score (nSPS) is 31.3. The third kappa shape index (κ3) is 1.75. The zero-order chi connectivity index (χ0) is 12.9. The van der Waals surface area contributed by atoms with Gasteiger partial charge in [0.1, 0.15) is 5.82 Å². The van der Waals surface area contributed by atoms with Gasteiger partial charge in [-0.3, -0.25) is 0 Å². The fraction of sp³-hybridized carbons (Fsp3) is 0.500. The molecule has 18 heavy (non-hydrogen) atoms. The molecule has 1 saturated heterocycles. The highest BCUT2D eigenvalue weighted by Crippen LogP contribution is 2.52. The van der Waals surface area contributed by atoms with Gasteiger partial charge >= 0.3 is 0 Å². The first kappa shape index (κ1) is 12.1. The highest BCUT2D eigenvalue weighted by molar-refractivity contribution is 7.89. The summed E-state index contributed by atoms with van der Waals surface area (Å²) in [7, 11) is -3.46. The van der Waals surface area contributed by atoms with E-state index in [0.29, 0.717) is 37.4 Å². The van der Waals surface area contributed by atoms with Crippen LogP contribution in [0.15, 0.2) is 29.2 Å². The van der Waals surface area contributed by atoms with Crippen LogP contribution in [0.3, 0.4) is 0 Å². The second-order valence-electron chi connectivity index (χ2n) is 5.00. The lowest BCUT2D eigenvalue weighted by Gasteiger charge is -2.19. The molecule has 6 heteroatoms. The summed E-state index contributed by atoms with van der Waals surface area (Å²) in [5, 5.41) is 0. The smallest absolute Gasteiger partial charge is 0.243 e. The van der Waals surface area contributed by atoms with E-state index in [9.17, 15) is 12.8 Å². The van der Waals surface area contributed by atoms with Gasteiger partial charge in [-0.25, -0.2) is 12.8 Å². The predicted octanol–water partition coefficient (Wildman–Crippen LogP) is 0.651. The summed E-state index contributed by atoms with van der Waals surface area (Å²) in [5.41, 5.74) is 5.60. The second-order valence-corrected chi connectivity index (χ2v) is 6.94. The van der Waals surface area contributed by atoms with Gasteiger partial charge in [0, 0.05) is 13.1 Å². The maximum atomic E-state index is 12.8. The highest BCUT2D eigenvalue weighted by Gasteiger charge is 2.56. The van der Waals surface area contributed by atoms with E-state index in [-0.39, 0.29) is 4.90 Å². The van der Waals surface area contributed by atoms with E-state index < -0.39 is 15.8 Å². The van der Waals surface area contributed by atoms with Crippen LogP contribution in [-0.4, -0.2) is 32.4 Å². The van der Waals surface area contributed by atoms with Gasteiger partial charge in [-0.05, 0) is 48.6 Å². The fourth-order valence-electron chi connectivity index (χ4n) is 2.91. The Morgan fingerprint density at radius 2 is 1.78 bits per heavy atom. The topological polar surface area (TPSA) is 63.4 Å². The molecule has 2 fully saturated rings. The van der Waals surface area contributed by atoms with Gasteiger partial charge in [-0.1, -0.05) is 0 Å². The second kappa shape index (κ2) is 4.01. The minimum Gasteiger partial charge on any atom is -0.330 e. The molecule has 1 aliphatic carbocycles. The number of rotatable bonds is 3. The van der Waals surface area contributed by atoms with E-state index in [0.717, 1.165) is 0 Å². The monoisotopic (exact) mass is 270 g/mol. The van der Waals surface area contributed by atoms with Gasteiger partial charge in [0.15, 0.2) is 0 Å². The summed E-state index contributed by atoms with van der Waals surface area (Å²) < 4.78 is 38.8. The Hall–Kier alpha value is -0.980. The van der Waals surface area contributed by atoms with Crippen molar-refractivity contribution >= 4 is 10.0 Å². The quantitative estimate of drug-likeness (QED) is 0.877. The number of hydrogen-bond donors (Lipinski definition) is 1. The molecule has 2 aliphatic rings. The number of sulfonamides is 1. The Labute approximate surface area is 106 Å². The summed E-state index contributed by atoms with van der Waals surface area (Å²) in [6, 6.07) is 4.97. The molecule has 2 N–H and O–H groups in total. The van der Waals surface area contributed by atoms with Crippen LogP contribution in [0.4, 0.5) is 4.39 Å². The van der Waals surface area contributed by atoms with Crippen LogP contribution in [0.5, 0.6) is 0 Å². The fourth-order valence-corrected chi connectivity index (χ4v) is 4.43. The number of hydrogen-bond acceptors (Lipinski definition) is 3. The largest absolute Gasteiger partial charge is 0.330 e. The van der Waals surface area contributed by atoms with Crippen LogP contribution < -0.4 is 5.73 Å². The number of halogens is 1. The summed E-state index contributed by atoms with van der Waals surface area (Å²) >= 11 is 0. The average Bonchev–Trinajstić information content (AvgIpc) is 2.81. The lowest BCUT2D eigenvalue weighted by Crippen LogP contribution is -2.32. The van der Waals surface area contributed by atoms with Crippen molar-refractivity contribution in [2.45, 2.75) is 4.90 Å². The minimum atomic E-state index is -3.46. The van der Waals surface area contributed by atoms with E-state index in [1.165, 1.54) is 28.6 Å². The average molecular weight is 270 g/mol. The van der Waals surface area contributed by atoms with Crippen molar-refractivity contribution in [2.75, 3.05) is 19.6 Å². The first-order chi connectivity index (χ1) is 8.54. The maximum absolute atomic E-state index is 12.8. The highest BCUT2D eigenvalue weighted by atomic mass is 32.2. The van der Waals surface area contributed by atoms with Crippen molar-refractivity contribution in [1.29, 1.82) is 0 Å². The van der Waals surface area contributed by atoms with Gasteiger partial charge < -0.3 is 5.73 Å². The Kier molecular flexibility index (Phi) is 2.69. The van der Waals surface area contributed by atoms with Crippen molar-refractivity contribution in [3.8, 4) is 0 Å². The Morgan fingerprint density at radius 3 is 2.28 bits per heavy atom. The molecule has 1 saturated carbocycles. The standard InChI is InChI=1S/C12H15FN2O2S/c13-8-1-3-9(4-2-8)18(16,17)15-6-11-10(5-14)12(11)7-15/h1-4,10-12H,5-7,14H2. The number of nitrogens with zero attached hydrogens (tertiary/aromatic N) is 1. The molecule has 4 nitrogen and oxygen atoms in total. The molecule has 0 spiro atoms. The van der Waals surface area contributed by atoms with Crippen LogP contribution >= 0.6 is 0 Å². The van der Waals surface area contributed by atoms with Crippen molar-refractivity contribution in [2.24, 2.45) is 23.5 Å². The lowest BCUT2D eigenvalue weighted by molar-refractivity contribution is 0.414. The van der Waals surface area contributed by atoms with Gasteiger partial charge in [0.25, 0.3) is 0 Å². The zero-order valence-corrected chi connectivity index (χ0v) is 10.6. The molecule has 0 radical (unpaired) electrons. The molecule has 1 aromatic carbocycles. The van der Waals surface area contributed by atoms with E-state index in [1.807, 2.05) is 0 Å². The Balaban J connectivity index is 1.79. The van der Waals surface area contributed by atoms with Crippen molar-refractivity contribution < 1.29 is 12.8 Å². The summed E-state index contributed by atoms with van der Waals surface area (Å²) in [6.07, 6.45) is 0. The summed E-state index contributed by atoms with van der Waals surface area (Å²) in [6.45, 7) is 1.73. The molecule has 98 valence electrons. The van der Waals surface area contributed by atoms with Crippen LogP contribution in [0.2, 0.25) is 0 Å². The molecule has 2 atom stereocenters. The molecule has 0 aromatic heterocycles. The molecule has 1 aromatic rings. The van der Waals surface area contributed by atoms with Crippen molar-refractivity contribution in [3.63, 3.8) is 0 Å². The number of nitrogens with two attached hydrogens (primary N) is 1. The van der Waals surface area contributed by atoms with E-state index in [1.54, 1.807) is 0 Å². The first-order valence-electron chi connectivity index (χ1n) is 6.00. The molecule has 1 aliphatic heterocycles. The number of piperidine rings is 1. The zero-order valence-electron chi connectivity index (χ0n) is 9.79. The van der Waals surface area contributed by atoms with Gasteiger partial charge in [-0.2, -0.15) is 4.31 Å². The van der Waals surface area contributed by atoms with Crippen LogP contribution in [0.25, 0.3) is 0 Å². The molecule has 0 amide bonds. The van der Waals surface area contributed by atoms with Gasteiger partial charge in [-0.15, -0.1) is 0 Å². The van der Waals surface area contributed by atoms with Crippen LogP contribution in [-0.2, 0) is 10.0 Å². The van der Waals surface area contributed by atoms with Gasteiger partial charge in [0.05, 0.1) is 4.90 Å². The predicted molar refractivity (Wildman–Crippen MR) is 64.7 cm³/mol.